The molecule has 5 rings (SSSR count). The molecule has 0 radical (unpaired) electrons. The van der Waals surface area contributed by atoms with Crippen LogP contribution in [0.25, 0.3) is 22.5 Å². The number of rotatable bonds is 17. The van der Waals surface area contributed by atoms with Gasteiger partial charge in [-0.3, -0.25) is 24.0 Å². The van der Waals surface area contributed by atoms with Crippen molar-refractivity contribution in [3.8, 4) is 45.8 Å². The number of nitrogens with two attached hydrogens (primary N) is 2. The third-order valence-electron chi connectivity index (χ3n) is 10.9. The van der Waals surface area contributed by atoms with E-state index >= 15 is 0 Å². The predicted molar refractivity (Wildman–Crippen MR) is 242 cm³/mol. The van der Waals surface area contributed by atoms with Crippen molar-refractivity contribution < 1.29 is 38.6 Å². The Morgan fingerprint density at radius 2 is 1.66 bits per heavy atom. The number of aromatic nitrogens is 2. The van der Waals surface area contributed by atoms with E-state index in [0.29, 0.717) is 40.7 Å². The summed E-state index contributed by atoms with van der Waals surface area (Å²) in [4.78, 5) is 80.3. The van der Waals surface area contributed by atoms with E-state index in [0.717, 1.165) is 35.5 Å². The number of amides is 5. The van der Waals surface area contributed by atoms with Crippen LogP contribution in [0.4, 0.5) is 0 Å². The van der Waals surface area contributed by atoms with Crippen LogP contribution in [0, 0.1) is 25.2 Å². The van der Waals surface area contributed by atoms with Crippen LogP contribution in [-0.2, 0) is 25.6 Å². The topological polar surface area (TPSA) is 277 Å². The van der Waals surface area contributed by atoms with Gasteiger partial charge in [-0.15, -0.1) is 0 Å². The second kappa shape index (κ2) is 23.0. The van der Waals surface area contributed by atoms with Gasteiger partial charge in [-0.25, -0.2) is 9.97 Å². The van der Waals surface area contributed by atoms with Crippen molar-refractivity contribution in [1.29, 1.82) is 5.26 Å². The Morgan fingerprint density at radius 3 is 2.32 bits per heavy atom. The van der Waals surface area contributed by atoms with Crippen LogP contribution in [0.5, 0.6) is 17.2 Å². The van der Waals surface area contributed by atoms with E-state index in [1.807, 2.05) is 30.3 Å². The van der Waals surface area contributed by atoms with Crippen LogP contribution < -0.4 is 42.2 Å². The molecule has 4 aromatic rings. The molecule has 18 heteroatoms. The molecule has 0 spiro atoms. The molecule has 1 aliphatic rings. The zero-order valence-corrected chi connectivity index (χ0v) is 37.4. The fraction of sp³-hybridized carbons (Fsp3) is 0.404. The van der Waals surface area contributed by atoms with Crippen molar-refractivity contribution >= 4 is 29.5 Å². The van der Waals surface area contributed by atoms with Crippen LogP contribution in [-0.4, -0.2) is 108 Å². The summed E-state index contributed by atoms with van der Waals surface area (Å²) in [7, 11) is 1.38. The van der Waals surface area contributed by atoms with Gasteiger partial charge in [0.1, 0.15) is 54.6 Å². The first-order chi connectivity index (χ1) is 31.2. The predicted octanol–water partition coefficient (Wildman–Crippen LogP) is 2.87. The standard InChI is InChI=1S/C47H58N10O8/c1-6-7-8-22-64-33-13-10-31(11-14-33)42-52-27(2)40(28(3)53-42)45(61)55-36(17-18-48)47(63)57(5)41-32-12-15-38(58)34(26-32)35-24-30(9-16-39(35)65-23-20-50)25-37(44(60)51-21-19-49)56-43(59)29(4)54-46(41)62/h9-16,24,26,29,36-37,41,58H,6-8,17-18,20-23,25,48,50H2,1-5H3,(H,51,60)(H,54,62)(H,55,61)(H,56,59)/t29-,36-,37-,41-/m0/s1. The monoisotopic (exact) mass is 890 g/mol. The summed E-state index contributed by atoms with van der Waals surface area (Å²) in [6.07, 6.45) is 3.10. The number of nitrogens with one attached hydrogen (secondary N) is 4. The number of nitriles is 1. The van der Waals surface area contributed by atoms with Gasteiger partial charge < -0.3 is 52.2 Å². The van der Waals surface area contributed by atoms with E-state index in [1.54, 1.807) is 32.0 Å². The van der Waals surface area contributed by atoms with E-state index in [2.05, 4.69) is 38.2 Å². The molecular formula is C47H58N10O8. The summed E-state index contributed by atoms with van der Waals surface area (Å²) in [5.74, 6) is -2.21. The number of ether oxygens (including phenoxy) is 2. The van der Waals surface area contributed by atoms with Gasteiger partial charge in [0.05, 0.1) is 29.6 Å². The average molecular weight is 891 g/mol. The van der Waals surface area contributed by atoms with E-state index in [1.165, 1.54) is 32.2 Å². The van der Waals surface area contributed by atoms with Gasteiger partial charge in [-0.05, 0) is 99.8 Å². The van der Waals surface area contributed by atoms with Crippen molar-refractivity contribution in [2.24, 2.45) is 11.5 Å². The number of likely N-dealkylation sites (N-methyl/N-ethyl adjacent to an activating group) is 1. The molecule has 344 valence electrons. The first-order valence-corrected chi connectivity index (χ1v) is 21.6. The second-order valence-corrected chi connectivity index (χ2v) is 15.7. The van der Waals surface area contributed by atoms with Crippen LogP contribution in [0.2, 0.25) is 0 Å². The molecular weight excluding hydrogens is 833 g/mol. The zero-order valence-electron chi connectivity index (χ0n) is 37.4. The molecule has 2 heterocycles. The zero-order chi connectivity index (χ0) is 47.2. The Morgan fingerprint density at radius 1 is 0.938 bits per heavy atom. The lowest BCUT2D eigenvalue weighted by molar-refractivity contribution is -0.141. The lowest BCUT2D eigenvalue weighted by atomic mass is 9.93. The van der Waals surface area contributed by atoms with Crippen molar-refractivity contribution in [1.82, 2.24) is 36.1 Å². The van der Waals surface area contributed by atoms with Crippen LogP contribution in [0.1, 0.15) is 78.4 Å². The fourth-order valence-corrected chi connectivity index (χ4v) is 7.49. The van der Waals surface area contributed by atoms with Crippen LogP contribution in [0.3, 0.4) is 0 Å². The third-order valence-corrected chi connectivity index (χ3v) is 10.9. The molecule has 0 saturated carbocycles. The normalized spacial score (nSPS) is 16.4. The highest BCUT2D eigenvalue weighted by Gasteiger charge is 2.36. The summed E-state index contributed by atoms with van der Waals surface area (Å²) in [6, 6.07) is 13.5. The number of aromatic hydroxyl groups is 1. The number of phenolic OH excluding ortho intramolecular Hbond substituents is 1. The molecule has 18 nitrogen and oxygen atoms in total. The van der Waals surface area contributed by atoms with Crippen molar-refractivity contribution in [2.45, 2.75) is 84.0 Å². The van der Waals surface area contributed by atoms with Gasteiger partial charge in [-0.2, -0.15) is 5.26 Å². The second-order valence-electron chi connectivity index (χ2n) is 15.7. The smallest absolute Gasteiger partial charge is 0.255 e. The fourth-order valence-electron chi connectivity index (χ4n) is 7.49. The average Bonchev–Trinajstić information content (AvgIpc) is 3.28. The van der Waals surface area contributed by atoms with Gasteiger partial charge in [0, 0.05) is 36.7 Å². The molecule has 0 aliphatic carbocycles. The molecule has 0 unspecified atom stereocenters. The minimum Gasteiger partial charge on any atom is -0.507 e. The van der Waals surface area contributed by atoms with E-state index in [9.17, 15) is 29.1 Å². The van der Waals surface area contributed by atoms with E-state index in [-0.39, 0.29) is 61.5 Å². The Balaban J connectivity index is 1.48. The van der Waals surface area contributed by atoms with Gasteiger partial charge in [0.2, 0.25) is 23.6 Å². The van der Waals surface area contributed by atoms with Crippen LogP contribution in [0.15, 0.2) is 60.7 Å². The molecule has 1 aromatic heterocycles. The number of phenols is 1. The Labute approximate surface area is 378 Å². The summed E-state index contributed by atoms with van der Waals surface area (Å²) in [6.45, 7) is 7.48. The number of carbonyl (C=O) groups excluding carboxylic acids is 5. The van der Waals surface area contributed by atoms with Gasteiger partial charge in [-0.1, -0.05) is 31.9 Å². The molecule has 3 aromatic carbocycles. The quantitative estimate of drug-likeness (QED) is 0.0594. The highest BCUT2D eigenvalue weighted by molar-refractivity contribution is 6.00. The number of hydrogen-bond donors (Lipinski definition) is 7. The molecule has 4 atom stereocenters. The Hall–Kier alpha value is -7.10. The maximum atomic E-state index is 14.6. The lowest BCUT2D eigenvalue weighted by Crippen LogP contribution is -2.56. The molecule has 65 heavy (non-hydrogen) atoms. The molecule has 4 bridgehead atoms. The number of benzene rings is 3. The maximum Gasteiger partial charge on any atom is 0.255 e. The minimum atomic E-state index is -1.44. The summed E-state index contributed by atoms with van der Waals surface area (Å²) in [5.41, 5.74) is 14.8. The first-order valence-electron chi connectivity index (χ1n) is 21.6. The van der Waals surface area contributed by atoms with Crippen molar-refractivity contribution in [3.05, 3.63) is 88.7 Å². The third kappa shape index (κ3) is 12.3. The lowest BCUT2D eigenvalue weighted by Gasteiger charge is -2.32. The highest BCUT2D eigenvalue weighted by Crippen LogP contribution is 2.39. The van der Waals surface area contributed by atoms with Gasteiger partial charge in [0.15, 0.2) is 5.82 Å². The number of carbonyl (C=O) groups is 5. The molecule has 0 fully saturated rings. The molecule has 0 saturated heterocycles. The highest BCUT2D eigenvalue weighted by atomic mass is 16.5. The minimum absolute atomic E-state index is 0.0152. The summed E-state index contributed by atoms with van der Waals surface area (Å²) in [5, 5.41) is 31.0. The van der Waals surface area contributed by atoms with E-state index < -0.39 is 53.7 Å². The number of nitrogens with zero attached hydrogens (tertiary/aromatic N) is 4. The molecule has 1 aliphatic heterocycles. The Kier molecular flexibility index (Phi) is 17.3. The maximum absolute atomic E-state index is 14.6. The molecule has 9 N–H and O–H groups in total. The number of fused-ring (bicyclic) bond motifs is 5. The number of unbranched alkanes of at least 4 members (excludes halogenated alkanes) is 2. The molecule has 5 amide bonds. The first kappa shape index (κ1) is 48.9. The summed E-state index contributed by atoms with van der Waals surface area (Å²) < 4.78 is 11.8. The van der Waals surface area contributed by atoms with Gasteiger partial charge >= 0.3 is 0 Å². The van der Waals surface area contributed by atoms with E-state index in [4.69, 9.17) is 26.2 Å². The SMILES string of the molecule is CCCCCOc1ccc(-c2nc(C)c(C(=O)N[C@@H](CCN)C(=O)N(C)[C@@H]3C(=O)N[C@@H](C)C(=O)N[C@H](C(=O)NCC#N)Cc4ccc(OCCN)c(c4)-c4cc3ccc4O)c(C)n2)cc1. The van der Waals surface area contributed by atoms with Crippen molar-refractivity contribution in [3.63, 3.8) is 0 Å². The summed E-state index contributed by atoms with van der Waals surface area (Å²) >= 11 is 0. The Bertz CT molecular complexity index is 2380. The van der Waals surface area contributed by atoms with Crippen LogP contribution >= 0.6 is 0 Å². The van der Waals surface area contributed by atoms with Crippen molar-refractivity contribution in [2.75, 3.05) is 39.9 Å². The van der Waals surface area contributed by atoms with Gasteiger partial charge in [0.25, 0.3) is 5.91 Å². The number of aryl methyl sites for hydroxylation is 2. The largest absolute Gasteiger partial charge is 0.507 e. The number of hydrogen-bond acceptors (Lipinski definition) is 13.